The van der Waals surface area contributed by atoms with Crippen LogP contribution in [0.3, 0.4) is 0 Å². The molecule has 1 heterocycles. The molecule has 0 bridgehead atoms. The number of nitrogens with two attached hydrogens (primary N) is 2. The van der Waals surface area contributed by atoms with Crippen LogP contribution in [0.1, 0.15) is 5.69 Å². The molecule has 1 atom stereocenters. The molecule has 72 valence electrons. The van der Waals surface area contributed by atoms with Gasteiger partial charge in [0.05, 0.1) is 12.0 Å². The molecule has 1 aromatic heterocycles. The van der Waals surface area contributed by atoms with Crippen molar-refractivity contribution < 1.29 is 9.90 Å². The Hall–Kier alpha value is -1.44. The molecule has 0 aliphatic heterocycles. The predicted molar refractivity (Wildman–Crippen MR) is 44.2 cm³/mol. The van der Waals surface area contributed by atoms with Crippen LogP contribution >= 0.6 is 0 Å². The summed E-state index contributed by atoms with van der Waals surface area (Å²) >= 11 is 0. The molecule has 13 heavy (non-hydrogen) atoms. The van der Waals surface area contributed by atoms with Crippen molar-refractivity contribution in [2.24, 2.45) is 11.6 Å². The van der Waals surface area contributed by atoms with E-state index in [4.69, 9.17) is 16.7 Å². The van der Waals surface area contributed by atoms with Crippen LogP contribution in [0.4, 0.5) is 0 Å². The number of carbonyl (C=O) groups is 1. The van der Waals surface area contributed by atoms with Gasteiger partial charge in [0.2, 0.25) is 0 Å². The van der Waals surface area contributed by atoms with Gasteiger partial charge in [-0.2, -0.15) is 0 Å². The Morgan fingerprint density at radius 3 is 2.77 bits per heavy atom. The highest BCUT2D eigenvalue weighted by Gasteiger charge is 2.12. The van der Waals surface area contributed by atoms with Crippen molar-refractivity contribution in [1.29, 1.82) is 0 Å². The summed E-state index contributed by atoms with van der Waals surface area (Å²) in [6.45, 7) is 0. The molecule has 2 radical (unpaired) electrons. The van der Waals surface area contributed by atoms with Gasteiger partial charge in [-0.1, -0.05) is 0 Å². The normalized spacial score (nSPS) is 11.3. The number of carboxylic acid groups (broad SMARTS) is 1. The third-order valence-electron chi connectivity index (χ3n) is 1.30. The third kappa shape index (κ3) is 4.21. The van der Waals surface area contributed by atoms with Gasteiger partial charge in [0.15, 0.2) is 0 Å². The quantitative estimate of drug-likeness (QED) is 0.328. The van der Waals surface area contributed by atoms with Gasteiger partial charge in [0.1, 0.15) is 6.04 Å². The van der Waals surface area contributed by atoms with Crippen molar-refractivity contribution in [2.75, 3.05) is 0 Å². The minimum Gasteiger partial charge on any atom is -0.480 e. The second-order valence-electron chi connectivity index (χ2n) is 2.21. The Balaban J connectivity index is 0.000000671. The molecule has 0 saturated carbocycles. The lowest BCUT2D eigenvalue weighted by Crippen LogP contribution is -2.32. The minimum atomic E-state index is -1.01. The number of hydrogen-bond acceptors (Lipinski definition) is 4. The van der Waals surface area contributed by atoms with Crippen LogP contribution in [0.2, 0.25) is 0 Å². The van der Waals surface area contributed by atoms with Crippen molar-refractivity contribution in [2.45, 2.75) is 12.5 Å². The highest BCUT2D eigenvalue weighted by atomic mass is 16.4. The Morgan fingerprint density at radius 1 is 1.77 bits per heavy atom. The van der Waals surface area contributed by atoms with Gasteiger partial charge < -0.3 is 15.8 Å². The van der Waals surface area contributed by atoms with E-state index in [1.165, 1.54) is 6.33 Å². The van der Waals surface area contributed by atoms with Crippen LogP contribution in [0.25, 0.3) is 0 Å². The number of hydrogen-bond donors (Lipinski definition) is 4. The fourth-order valence-electron chi connectivity index (χ4n) is 0.715. The Morgan fingerprint density at radius 2 is 2.38 bits per heavy atom. The van der Waals surface area contributed by atoms with Crippen molar-refractivity contribution in [1.82, 2.24) is 15.8 Å². The highest BCUT2D eigenvalue weighted by Crippen LogP contribution is 1.95. The smallest absolute Gasteiger partial charge is 0.320 e. The van der Waals surface area contributed by atoms with Crippen LogP contribution in [0, 0.1) is 0 Å². The molecule has 7 nitrogen and oxygen atoms in total. The van der Waals surface area contributed by atoms with Gasteiger partial charge in [-0.15, -0.1) is 0 Å². The van der Waals surface area contributed by atoms with E-state index in [1.54, 1.807) is 6.20 Å². The molecule has 0 aliphatic carbocycles. The molecular weight excluding hydrogens is 174 g/mol. The average molecular weight is 185 g/mol. The van der Waals surface area contributed by atoms with Crippen LogP contribution in [-0.4, -0.2) is 27.1 Å². The standard InChI is InChI=1S/C6H9N3O2.H2N2/c7-5(6(10)11)1-4-2-8-3-9-4;1-2/h2-3,5H,1,7H2,(H,8,9)(H,10,11);1H2/t5-;/m0./s1. The first-order valence-corrected chi connectivity index (χ1v) is 3.42. The molecule has 7 heteroatoms. The first kappa shape index (κ1) is 11.6. The molecule has 0 spiro atoms. The number of aromatic nitrogens is 2. The summed E-state index contributed by atoms with van der Waals surface area (Å²) in [7, 11) is 0. The molecule has 0 aromatic carbocycles. The molecule has 1 aromatic rings. The maximum Gasteiger partial charge on any atom is 0.320 e. The number of aliphatic carboxylic acids is 1. The van der Waals surface area contributed by atoms with E-state index in [1.807, 2.05) is 0 Å². The average Bonchev–Trinajstić information content (AvgIpc) is 2.60. The van der Waals surface area contributed by atoms with E-state index in [9.17, 15) is 4.79 Å². The molecular formula is C6H11N5O2. The van der Waals surface area contributed by atoms with E-state index in [0.29, 0.717) is 5.69 Å². The number of nitrogens with zero attached hydrogens (tertiary/aromatic N) is 2. The highest BCUT2D eigenvalue weighted by molar-refractivity contribution is 5.73. The summed E-state index contributed by atoms with van der Waals surface area (Å²) in [5, 5.41) is 8.42. The predicted octanol–water partition coefficient (Wildman–Crippen LogP) is -1.71. The van der Waals surface area contributed by atoms with Crippen molar-refractivity contribution in [3.63, 3.8) is 0 Å². The molecule has 0 fully saturated rings. The summed E-state index contributed by atoms with van der Waals surface area (Å²) in [4.78, 5) is 16.8. The lowest BCUT2D eigenvalue weighted by molar-refractivity contribution is -0.138. The fourth-order valence-corrected chi connectivity index (χ4v) is 0.715. The maximum absolute atomic E-state index is 10.3. The summed E-state index contributed by atoms with van der Waals surface area (Å²) in [5.74, 6) is 8.99. The summed E-state index contributed by atoms with van der Waals surface area (Å²) in [5.41, 5.74) is 5.92. The second kappa shape index (κ2) is 6.12. The number of aromatic amines is 1. The fraction of sp³-hybridized carbons (Fsp3) is 0.333. The van der Waals surface area contributed by atoms with Crippen LogP contribution in [0.15, 0.2) is 12.5 Å². The number of H-pyrrole nitrogens is 1. The lowest BCUT2D eigenvalue weighted by atomic mass is 10.2. The van der Waals surface area contributed by atoms with E-state index in [-0.39, 0.29) is 6.42 Å². The van der Waals surface area contributed by atoms with Crippen molar-refractivity contribution in [3.8, 4) is 0 Å². The van der Waals surface area contributed by atoms with E-state index in [2.05, 4.69) is 15.8 Å². The van der Waals surface area contributed by atoms with Crippen LogP contribution in [0.5, 0.6) is 0 Å². The lowest BCUT2D eigenvalue weighted by Gasteiger charge is -2.01. The van der Waals surface area contributed by atoms with Gasteiger partial charge in [-0.25, -0.2) is 10.8 Å². The zero-order chi connectivity index (χ0) is 10.3. The zero-order valence-corrected chi connectivity index (χ0v) is 6.84. The summed E-state index contributed by atoms with van der Waals surface area (Å²) < 4.78 is 0. The topological polar surface area (TPSA) is 140 Å². The van der Waals surface area contributed by atoms with Crippen LogP contribution < -0.4 is 17.4 Å². The van der Waals surface area contributed by atoms with E-state index in [0.717, 1.165) is 0 Å². The molecule has 0 amide bonds. The maximum atomic E-state index is 10.3. The van der Waals surface area contributed by atoms with Crippen LogP contribution in [-0.2, 0) is 11.2 Å². The minimum absolute atomic E-state index is 0.263. The largest absolute Gasteiger partial charge is 0.480 e. The number of nitrogens with one attached hydrogen (secondary N) is 1. The van der Waals surface area contributed by atoms with E-state index < -0.39 is 12.0 Å². The third-order valence-corrected chi connectivity index (χ3v) is 1.30. The Kier molecular flexibility index (Phi) is 5.44. The first-order chi connectivity index (χ1) is 6.20. The van der Waals surface area contributed by atoms with Crippen molar-refractivity contribution in [3.05, 3.63) is 18.2 Å². The monoisotopic (exact) mass is 185 g/mol. The van der Waals surface area contributed by atoms with Gasteiger partial charge in [-0.05, 0) is 5.84 Å². The number of carboxylic acids is 1. The Labute approximate surface area is 74.9 Å². The molecule has 1 rings (SSSR count). The Bertz CT molecular complexity index is 235. The zero-order valence-electron chi connectivity index (χ0n) is 6.84. The summed E-state index contributed by atoms with van der Waals surface area (Å²) in [6, 6.07) is -0.863. The summed E-state index contributed by atoms with van der Waals surface area (Å²) in [6.07, 6.45) is 3.38. The van der Waals surface area contributed by atoms with Gasteiger partial charge in [-0.3, -0.25) is 4.79 Å². The molecule has 0 saturated heterocycles. The molecule has 0 unspecified atom stereocenters. The number of imidazole rings is 1. The van der Waals surface area contributed by atoms with E-state index >= 15 is 0 Å². The molecule has 6 N–H and O–H groups in total. The second-order valence-corrected chi connectivity index (χ2v) is 2.21. The SMILES string of the molecule is N[C@@H](Cc1c[nH]cn1)C(=O)O.[N]N. The van der Waals surface area contributed by atoms with Gasteiger partial charge in [0.25, 0.3) is 0 Å². The first-order valence-electron chi connectivity index (χ1n) is 3.42. The van der Waals surface area contributed by atoms with Gasteiger partial charge in [0, 0.05) is 12.6 Å². The number of rotatable bonds is 3. The van der Waals surface area contributed by atoms with Gasteiger partial charge >= 0.3 is 5.97 Å². The van der Waals surface area contributed by atoms with Crippen molar-refractivity contribution >= 4 is 5.97 Å². The molecule has 0 aliphatic rings.